The zero-order valence-electron chi connectivity index (χ0n) is 16.0. The molecule has 0 radical (unpaired) electrons. The fourth-order valence-electron chi connectivity index (χ4n) is 3.87. The van der Waals surface area contributed by atoms with Crippen molar-refractivity contribution in [1.82, 2.24) is 0 Å². The van der Waals surface area contributed by atoms with Crippen LogP contribution in [0.2, 0.25) is 0 Å². The first-order valence-corrected chi connectivity index (χ1v) is 10.1. The van der Waals surface area contributed by atoms with E-state index < -0.39 is 0 Å². The van der Waals surface area contributed by atoms with E-state index in [1.165, 1.54) is 68.6 Å². The largest absolute Gasteiger partial charge is 0.463 e. The molecule has 1 aromatic rings. The fraction of sp³-hybridized carbons (Fsp3) is 0.609. The van der Waals surface area contributed by atoms with Gasteiger partial charge in [0.1, 0.15) is 0 Å². The predicted octanol–water partition coefficient (Wildman–Crippen LogP) is 6.20. The van der Waals surface area contributed by atoms with Crippen molar-refractivity contribution in [1.29, 1.82) is 0 Å². The first kappa shape index (κ1) is 19.8. The normalized spacial score (nSPS) is 20.7. The van der Waals surface area contributed by atoms with Gasteiger partial charge in [0.2, 0.25) is 0 Å². The molecule has 2 rings (SSSR count). The average molecular weight is 343 g/mol. The Labute approximate surface area is 153 Å². The van der Waals surface area contributed by atoms with Gasteiger partial charge in [-0.1, -0.05) is 62.9 Å². The van der Waals surface area contributed by atoms with E-state index in [1.807, 2.05) is 13.0 Å². The quantitative estimate of drug-likeness (QED) is 0.303. The number of benzene rings is 1. The Hall–Kier alpha value is -1.57. The molecule has 2 heteroatoms. The monoisotopic (exact) mass is 342 g/mol. The van der Waals surface area contributed by atoms with Crippen LogP contribution in [0, 0.1) is 5.92 Å². The standard InChI is InChI=1S/C23H34O2/c1-3-5-6-8-19-11-15-21(16-12-19)22-17-13-20(14-18-22)9-7-10-23(24)25-4-2/h7,10,13-14,17-19,21H,3-6,8-9,11-12,15-16H2,1-2H3/b10-7-. The van der Waals surface area contributed by atoms with Gasteiger partial charge in [-0.15, -0.1) is 0 Å². The first-order valence-electron chi connectivity index (χ1n) is 10.1. The highest BCUT2D eigenvalue weighted by atomic mass is 16.5. The third-order valence-electron chi connectivity index (χ3n) is 5.41. The van der Waals surface area contributed by atoms with Crippen molar-refractivity contribution in [2.75, 3.05) is 6.61 Å². The Kier molecular flexibility index (Phi) is 8.79. The van der Waals surface area contributed by atoms with Crippen molar-refractivity contribution in [3.8, 4) is 0 Å². The number of hydrogen-bond acceptors (Lipinski definition) is 2. The Morgan fingerprint density at radius 2 is 1.80 bits per heavy atom. The minimum absolute atomic E-state index is 0.255. The molecule has 0 aliphatic heterocycles. The number of rotatable bonds is 9. The Balaban J connectivity index is 1.76. The highest BCUT2D eigenvalue weighted by molar-refractivity contribution is 5.81. The van der Waals surface area contributed by atoms with Gasteiger partial charge >= 0.3 is 5.97 Å². The van der Waals surface area contributed by atoms with Crippen LogP contribution in [0.1, 0.15) is 82.3 Å². The lowest BCUT2D eigenvalue weighted by molar-refractivity contribution is -0.137. The zero-order chi connectivity index (χ0) is 17.9. The van der Waals surface area contributed by atoms with Crippen LogP contribution < -0.4 is 0 Å². The molecule has 0 aromatic heterocycles. The second kappa shape index (κ2) is 11.1. The number of ether oxygens (including phenoxy) is 1. The third-order valence-corrected chi connectivity index (χ3v) is 5.41. The van der Waals surface area contributed by atoms with Crippen molar-refractivity contribution in [2.45, 2.75) is 77.6 Å². The molecule has 0 unspecified atom stereocenters. The smallest absolute Gasteiger partial charge is 0.330 e. The summed E-state index contributed by atoms with van der Waals surface area (Å²) >= 11 is 0. The minimum atomic E-state index is -0.255. The van der Waals surface area contributed by atoms with Gasteiger partial charge < -0.3 is 4.74 Å². The van der Waals surface area contributed by atoms with Crippen molar-refractivity contribution in [3.05, 3.63) is 47.5 Å². The molecule has 1 aromatic carbocycles. The molecule has 1 saturated carbocycles. The van der Waals surface area contributed by atoms with Crippen LogP contribution in [-0.2, 0) is 16.0 Å². The lowest BCUT2D eigenvalue weighted by Crippen LogP contribution is -2.13. The van der Waals surface area contributed by atoms with Gasteiger partial charge in [-0.2, -0.15) is 0 Å². The van der Waals surface area contributed by atoms with Gasteiger partial charge in [0, 0.05) is 6.08 Å². The molecule has 0 amide bonds. The summed E-state index contributed by atoms with van der Waals surface area (Å²) in [6.45, 7) is 4.54. The molecule has 0 spiro atoms. The second-order valence-corrected chi connectivity index (χ2v) is 7.31. The van der Waals surface area contributed by atoms with Crippen LogP contribution >= 0.6 is 0 Å². The second-order valence-electron chi connectivity index (χ2n) is 7.31. The molecule has 0 bridgehead atoms. The zero-order valence-corrected chi connectivity index (χ0v) is 16.0. The summed E-state index contributed by atoms with van der Waals surface area (Å²) in [7, 11) is 0. The maximum Gasteiger partial charge on any atom is 0.330 e. The maximum atomic E-state index is 11.3. The SMILES string of the molecule is CCCCCC1CCC(c2ccc(C/C=C\C(=O)OCC)cc2)CC1. The van der Waals surface area contributed by atoms with Gasteiger partial charge in [-0.25, -0.2) is 4.79 Å². The Morgan fingerprint density at radius 3 is 2.44 bits per heavy atom. The van der Waals surface area contributed by atoms with Crippen molar-refractivity contribution >= 4 is 5.97 Å². The summed E-state index contributed by atoms with van der Waals surface area (Å²) < 4.78 is 4.89. The van der Waals surface area contributed by atoms with Crippen LogP contribution in [0.3, 0.4) is 0 Å². The van der Waals surface area contributed by atoms with E-state index in [0.717, 1.165) is 18.3 Å². The van der Waals surface area contributed by atoms with E-state index in [-0.39, 0.29) is 5.97 Å². The number of esters is 1. The molecule has 2 nitrogen and oxygen atoms in total. The summed E-state index contributed by atoms with van der Waals surface area (Å²) in [5, 5.41) is 0. The molecule has 1 fully saturated rings. The number of carbonyl (C=O) groups is 1. The Bertz CT molecular complexity index is 522. The number of unbranched alkanes of at least 4 members (excludes halogenated alkanes) is 2. The maximum absolute atomic E-state index is 11.3. The van der Waals surface area contributed by atoms with Crippen LogP contribution in [0.25, 0.3) is 0 Å². The van der Waals surface area contributed by atoms with Crippen molar-refractivity contribution in [2.24, 2.45) is 5.92 Å². The topological polar surface area (TPSA) is 26.3 Å². The summed E-state index contributed by atoms with van der Waals surface area (Å²) in [6, 6.07) is 8.99. The molecule has 0 atom stereocenters. The highest BCUT2D eigenvalue weighted by Crippen LogP contribution is 2.37. The summed E-state index contributed by atoms with van der Waals surface area (Å²) in [5.41, 5.74) is 2.74. The van der Waals surface area contributed by atoms with E-state index in [9.17, 15) is 4.79 Å². The highest BCUT2D eigenvalue weighted by Gasteiger charge is 2.21. The van der Waals surface area contributed by atoms with Crippen LogP contribution in [0.15, 0.2) is 36.4 Å². The van der Waals surface area contributed by atoms with E-state index in [2.05, 4.69) is 31.2 Å². The van der Waals surface area contributed by atoms with E-state index in [1.54, 1.807) is 0 Å². The average Bonchev–Trinajstić information content (AvgIpc) is 2.63. The van der Waals surface area contributed by atoms with Gasteiger partial charge in [0.05, 0.1) is 6.61 Å². The minimum Gasteiger partial charge on any atom is -0.463 e. The molecule has 1 aliphatic carbocycles. The summed E-state index contributed by atoms with van der Waals surface area (Å²) in [4.78, 5) is 11.3. The molecule has 0 N–H and O–H groups in total. The van der Waals surface area contributed by atoms with Crippen LogP contribution in [0.4, 0.5) is 0 Å². The molecule has 138 valence electrons. The van der Waals surface area contributed by atoms with Gasteiger partial charge in [0.25, 0.3) is 0 Å². The molecule has 0 saturated heterocycles. The lowest BCUT2D eigenvalue weighted by atomic mass is 9.77. The molecule has 1 aliphatic rings. The Morgan fingerprint density at radius 1 is 1.08 bits per heavy atom. The van der Waals surface area contributed by atoms with E-state index in [0.29, 0.717) is 6.61 Å². The molecule has 0 heterocycles. The predicted molar refractivity (Wildman–Crippen MR) is 105 cm³/mol. The number of carbonyl (C=O) groups excluding carboxylic acids is 1. The van der Waals surface area contributed by atoms with Gasteiger partial charge in [-0.3, -0.25) is 0 Å². The fourth-order valence-corrected chi connectivity index (χ4v) is 3.87. The summed E-state index contributed by atoms with van der Waals surface area (Å²) in [6.07, 6.45) is 15.3. The van der Waals surface area contributed by atoms with Crippen molar-refractivity contribution in [3.63, 3.8) is 0 Å². The molecule has 25 heavy (non-hydrogen) atoms. The van der Waals surface area contributed by atoms with E-state index >= 15 is 0 Å². The summed E-state index contributed by atoms with van der Waals surface area (Å²) in [5.74, 6) is 1.46. The number of allylic oxidation sites excluding steroid dienone is 1. The third kappa shape index (κ3) is 7.05. The number of hydrogen-bond donors (Lipinski definition) is 0. The molecular weight excluding hydrogens is 308 g/mol. The lowest BCUT2D eigenvalue weighted by Gasteiger charge is -2.29. The van der Waals surface area contributed by atoms with Gasteiger partial charge in [0.15, 0.2) is 0 Å². The van der Waals surface area contributed by atoms with Crippen LogP contribution in [0.5, 0.6) is 0 Å². The van der Waals surface area contributed by atoms with Crippen LogP contribution in [-0.4, -0.2) is 12.6 Å². The first-order chi connectivity index (χ1) is 12.2. The van der Waals surface area contributed by atoms with E-state index in [4.69, 9.17) is 4.74 Å². The van der Waals surface area contributed by atoms with Crippen molar-refractivity contribution < 1.29 is 9.53 Å². The molecular formula is C23H34O2. The van der Waals surface area contributed by atoms with Gasteiger partial charge in [-0.05, 0) is 62.0 Å².